The highest BCUT2D eigenvalue weighted by Crippen LogP contribution is 2.17. The Morgan fingerprint density at radius 3 is 2.51 bits per heavy atom. The highest BCUT2D eigenvalue weighted by Gasteiger charge is 2.19. The molecule has 0 aliphatic carbocycles. The zero-order chi connectivity index (χ0) is 25.1. The molecule has 0 saturated heterocycles. The molecule has 9 nitrogen and oxygen atoms in total. The molecule has 0 spiro atoms. The van der Waals surface area contributed by atoms with Crippen molar-refractivity contribution in [2.75, 3.05) is 0 Å². The summed E-state index contributed by atoms with van der Waals surface area (Å²) in [6.45, 7) is 1.82. The Labute approximate surface area is 203 Å². The van der Waals surface area contributed by atoms with Gasteiger partial charge in [0.2, 0.25) is 0 Å². The van der Waals surface area contributed by atoms with Gasteiger partial charge >= 0.3 is 5.97 Å². The predicted octanol–water partition coefficient (Wildman–Crippen LogP) is 3.64. The highest BCUT2D eigenvalue weighted by molar-refractivity contribution is 6.30. The molecule has 4 rings (SSSR count). The van der Waals surface area contributed by atoms with Crippen molar-refractivity contribution >= 4 is 35.0 Å². The van der Waals surface area contributed by atoms with E-state index >= 15 is 0 Å². The van der Waals surface area contributed by atoms with Crippen molar-refractivity contribution in [2.45, 2.75) is 19.5 Å². The number of hydrogen-bond acceptors (Lipinski definition) is 5. The number of nitrogens with one attached hydrogen (secondary N) is 2. The molecule has 11 heteroatoms. The van der Waals surface area contributed by atoms with Gasteiger partial charge in [0.25, 0.3) is 11.8 Å². The number of halogens is 2. The number of nitrogens with zero attached hydrogens (tertiary/aromatic N) is 3. The van der Waals surface area contributed by atoms with Crippen LogP contribution in [-0.2, 0) is 6.54 Å². The average molecular weight is 496 g/mol. The van der Waals surface area contributed by atoms with Crippen LogP contribution >= 0.6 is 11.6 Å². The van der Waals surface area contributed by atoms with E-state index in [1.807, 2.05) is 0 Å². The molecule has 3 N–H and O–H groups in total. The van der Waals surface area contributed by atoms with E-state index in [4.69, 9.17) is 16.7 Å². The number of carboxylic acid groups (broad SMARTS) is 1. The lowest BCUT2D eigenvalue weighted by Gasteiger charge is -2.15. The van der Waals surface area contributed by atoms with Crippen molar-refractivity contribution in [3.8, 4) is 0 Å². The number of carboxylic acids is 1. The minimum atomic E-state index is -1.04. The van der Waals surface area contributed by atoms with Gasteiger partial charge in [-0.2, -0.15) is 5.10 Å². The SMILES string of the molecule is C[C@@H](NC(=O)c1cc(C(=O)NCc2ccc(F)c(Cl)c2)n2nccc2n1)c1ccc(C(=O)O)cc1. The maximum Gasteiger partial charge on any atom is 0.335 e. The second-order valence-corrected chi connectivity index (χ2v) is 8.09. The number of carbonyl (C=O) groups excluding carboxylic acids is 2. The highest BCUT2D eigenvalue weighted by atomic mass is 35.5. The number of rotatable bonds is 7. The topological polar surface area (TPSA) is 126 Å². The zero-order valence-corrected chi connectivity index (χ0v) is 19.1. The second-order valence-electron chi connectivity index (χ2n) is 7.68. The molecule has 0 radical (unpaired) electrons. The Balaban J connectivity index is 1.52. The lowest BCUT2D eigenvalue weighted by molar-refractivity contribution is 0.0696. The fraction of sp³-hybridized carbons (Fsp3) is 0.125. The van der Waals surface area contributed by atoms with E-state index in [1.165, 1.54) is 47.1 Å². The van der Waals surface area contributed by atoms with Gasteiger partial charge in [0.15, 0.2) is 5.65 Å². The molecular formula is C24H19ClFN5O4. The average Bonchev–Trinajstić information content (AvgIpc) is 3.32. The third-order valence-electron chi connectivity index (χ3n) is 5.27. The number of aromatic carboxylic acids is 1. The van der Waals surface area contributed by atoms with Crippen molar-refractivity contribution in [3.05, 3.63) is 99.7 Å². The molecule has 4 aromatic rings. The predicted molar refractivity (Wildman–Crippen MR) is 125 cm³/mol. The lowest BCUT2D eigenvalue weighted by Crippen LogP contribution is -2.30. The second kappa shape index (κ2) is 9.90. The van der Waals surface area contributed by atoms with Crippen LogP contribution in [-0.4, -0.2) is 37.5 Å². The summed E-state index contributed by atoms with van der Waals surface area (Å²) >= 11 is 5.79. The molecule has 0 unspecified atom stereocenters. The maximum absolute atomic E-state index is 13.4. The van der Waals surface area contributed by atoms with Crippen molar-refractivity contribution in [1.82, 2.24) is 25.2 Å². The molecule has 1 atom stereocenters. The van der Waals surface area contributed by atoms with Crippen molar-refractivity contribution < 1.29 is 23.9 Å². The van der Waals surface area contributed by atoms with Gasteiger partial charge in [-0.15, -0.1) is 0 Å². The summed E-state index contributed by atoms with van der Waals surface area (Å²) in [5.74, 6) is -2.65. The molecule has 2 amide bonds. The Kier molecular flexibility index (Phi) is 6.74. The van der Waals surface area contributed by atoms with Crippen molar-refractivity contribution in [1.29, 1.82) is 0 Å². The number of hydrogen-bond donors (Lipinski definition) is 3. The molecule has 0 saturated carbocycles. The molecule has 35 heavy (non-hydrogen) atoms. The molecule has 178 valence electrons. The molecule has 0 fully saturated rings. The van der Waals surface area contributed by atoms with Crippen LogP contribution < -0.4 is 10.6 Å². The Bertz CT molecular complexity index is 1440. The van der Waals surface area contributed by atoms with Gasteiger partial charge in [-0.05, 0) is 42.3 Å². The minimum Gasteiger partial charge on any atom is -0.478 e. The van der Waals surface area contributed by atoms with E-state index in [1.54, 1.807) is 25.1 Å². The van der Waals surface area contributed by atoms with Gasteiger partial charge < -0.3 is 15.7 Å². The fourth-order valence-corrected chi connectivity index (χ4v) is 3.58. The molecule has 2 aromatic carbocycles. The van der Waals surface area contributed by atoms with E-state index in [-0.39, 0.29) is 28.5 Å². The van der Waals surface area contributed by atoms with Gasteiger partial charge in [0.05, 0.1) is 22.8 Å². The largest absolute Gasteiger partial charge is 0.478 e. The molecule has 2 heterocycles. The van der Waals surface area contributed by atoms with Gasteiger partial charge in [-0.25, -0.2) is 18.7 Å². The summed E-state index contributed by atoms with van der Waals surface area (Å²) in [4.78, 5) is 41.1. The van der Waals surface area contributed by atoms with Crippen LogP contribution in [0.2, 0.25) is 5.02 Å². The monoisotopic (exact) mass is 495 g/mol. The van der Waals surface area contributed by atoms with Gasteiger partial charge in [-0.1, -0.05) is 29.8 Å². The standard InChI is InChI=1S/C24H19ClFN5O4/c1-13(15-3-5-16(6-4-15)24(34)35)29-22(32)19-11-20(31-21(30-19)8-9-28-31)23(33)27-12-14-2-7-18(26)17(25)10-14/h2-11,13H,12H2,1H3,(H,27,33)(H,29,32)(H,34,35)/t13-/m1/s1. The summed E-state index contributed by atoms with van der Waals surface area (Å²) in [6, 6.07) is 12.7. The van der Waals surface area contributed by atoms with E-state index in [0.29, 0.717) is 16.8 Å². The number of amides is 2. The lowest BCUT2D eigenvalue weighted by atomic mass is 10.1. The number of fused-ring (bicyclic) bond motifs is 1. The van der Waals surface area contributed by atoms with E-state index in [9.17, 15) is 18.8 Å². The molecular weight excluding hydrogens is 477 g/mol. The quantitative estimate of drug-likeness (QED) is 0.359. The van der Waals surface area contributed by atoms with Gasteiger partial charge in [-0.3, -0.25) is 9.59 Å². The maximum atomic E-state index is 13.4. The Morgan fingerprint density at radius 2 is 1.83 bits per heavy atom. The molecule has 2 aromatic heterocycles. The molecule has 0 aliphatic heterocycles. The minimum absolute atomic E-state index is 0.00184. The first-order chi connectivity index (χ1) is 16.7. The summed E-state index contributed by atoms with van der Waals surface area (Å²) in [5, 5.41) is 18.6. The van der Waals surface area contributed by atoms with Crippen LogP contribution in [0, 0.1) is 5.82 Å². The molecule has 0 aliphatic rings. The number of aromatic nitrogens is 3. The van der Waals surface area contributed by atoms with Crippen LogP contribution in [0.4, 0.5) is 4.39 Å². The Morgan fingerprint density at radius 1 is 1.09 bits per heavy atom. The third-order valence-corrected chi connectivity index (χ3v) is 5.56. The smallest absolute Gasteiger partial charge is 0.335 e. The van der Waals surface area contributed by atoms with E-state index in [2.05, 4.69) is 20.7 Å². The summed E-state index contributed by atoms with van der Waals surface area (Å²) in [6.07, 6.45) is 1.45. The van der Waals surface area contributed by atoms with Crippen LogP contribution in [0.1, 0.15) is 55.4 Å². The van der Waals surface area contributed by atoms with E-state index in [0.717, 1.165) is 0 Å². The van der Waals surface area contributed by atoms with Crippen LogP contribution in [0.5, 0.6) is 0 Å². The van der Waals surface area contributed by atoms with Gasteiger partial charge in [0.1, 0.15) is 17.2 Å². The number of carbonyl (C=O) groups is 3. The number of benzene rings is 2. The first-order valence-electron chi connectivity index (χ1n) is 10.4. The first kappa shape index (κ1) is 23.8. The van der Waals surface area contributed by atoms with Crippen LogP contribution in [0.15, 0.2) is 60.8 Å². The summed E-state index contributed by atoms with van der Waals surface area (Å²) in [5.41, 5.74) is 1.81. The summed E-state index contributed by atoms with van der Waals surface area (Å²) in [7, 11) is 0. The normalized spacial score (nSPS) is 11.7. The van der Waals surface area contributed by atoms with Crippen molar-refractivity contribution in [2.24, 2.45) is 0 Å². The van der Waals surface area contributed by atoms with Crippen LogP contribution in [0.3, 0.4) is 0 Å². The van der Waals surface area contributed by atoms with Crippen LogP contribution in [0.25, 0.3) is 5.65 Å². The first-order valence-corrected chi connectivity index (χ1v) is 10.8. The third kappa shape index (κ3) is 5.28. The fourth-order valence-electron chi connectivity index (χ4n) is 3.38. The van der Waals surface area contributed by atoms with E-state index < -0.39 is 29.6 Å². The van der Waals surface area contributed by atoms with Gasteiger partial charge in [0, 0.05) is 18.7 Å². The zero-order valence-electron chi connectivity index (χ0n) is 18.3. The molecule has 0 bridgehead atoms. The summed E-state index contributed by atoms with van der Waals surface area (Å²) < 4.78 is 14.7. The Hall–Kier alpha value is -4.31. The van der Waals surface area contributed by atoms with Crippen molar-refractivity contribution in [3.63, 3.8) is 0 Å².